The van der Waals surface area contributed by atoms with E-state index in [4.69, 9.17) is 0 Å². The number of carbonyl (C=O) groups excluding carboxylic acids is 1. The third kappa shape index (κ3) is 3.82. The van der Waals surface area contributed by atoms with E-state index in [0.717, 1.165) is 37.3 Å². The Morgan fingerprint density at radius 2 is 1.88 bits per heavy atom. The molecule has 1 aliphatic rings. The molecule has 1 aromatic carbocycles. The molecule has 1 amide bonds. The van der Waals surface area contributed by atoms with Crippen LogP contribution in [0.2, 0.25) is 0 Å². The van der Waals surface area contributed by atoms with E-state index in [-0.39, 0.29) is 17.4 Å². The molecule has 0 unspecified atom stereocenters. The quantitative estimate of drug-likeness (QED) is 0.876. The van der Waals surface area contributed by atoms with Crippen LogP contribution in [0.4, 0.5) is 11.5 Å². The number of aromatic nitrogens is 2. The first-order valence-electron chi connectivity index (χ1n) is 8.62. The lowest BCUT2D eigenvalue weighted by Crippen LogP contribution is -2.38. The molecule has 3 rings (SSSR count). The van der Waals surface area contributed by atoms with Crippen molar-refractivity contribution in [2.45, 2.75) is 26.7 Å². The number of anilines is 2. The lowest BCUT2D eigenvalue weighted by Gasteiger charge is -2.32. The first-order chi connectivity index (χ1) is 12.5. The Bertz CT molecular complexity index is 815. The fourth-order valence-corrected chi connectivity index (χ4v) is 3.28. The zero-order chi connectivity index (χ0) is 18.7. The van der Waals surface area contributed by atoms with Gasteiger partial charge in [0.25, 0.3) is 0 Å². The second-order valence-electron chi connectivity index (χ2n) is 6.60. The van der Waals surface area contributed by atoms with Crippen molar-refractivity contribution in [3.8, 4) is 0 Å². The Labute approximate surface area is 152 Å². The van der Waals surface area contributed by atoms with E-state index in [1.807, 2.05) is 6.92 Å². The highest BCUT2D eigenvalue weighted by Gasteiger charge is 2.26. The first-order valence-corrected chi connectivity index (χ1v) is 8.62. The molecule has 0 aliphatic carbocycles. The molecule has 2 N–H and O–H groups in total. The molecular formula is C19H22N4O3. The molecule has 7 heteroatoms. The molecule has 0 bridgehead atoms. The molecule has 0 spiro atoms. The zero-order valence-electron chi connectivity index (χ0n) is 14.9. The van der Waals surface area contributed by atoms with Gasteiger partial charge in [0.2, 0.25) is 5.91 Å². The van der Waals surface area contributed by atoms with E-state index in [2.05, 4.69) is 20.2 Å². The molecule has 1 aromatic heterocycles. The smallest absolute Gasteiger partial charge is 0.336 e. The lowest BCUT2D eigenvalue weighted by atomic mass is 9.95. The van der Waals surface area contributed by atoms with Crippen LogP contribution in [-0.4, -0.2) is 40.0 Å². The summed E-state index contributed by atoms with van der Waals surface area (Å²) in [6.07, 6.45) is 6.47. The molecular weight excluding hydrogens is 332 g/mol. The minimum atomic E-state index is -0.990. The maximum atomic E-state index is 12.6. The van der Waals surface area contributed by atoms with Crippen LogP contribution in [0.3, 0.4) is 0 Å². The molecule has 1 saturated heterocycles. The van der Waals surface area contributed by atoms with Crippen LogP contribution >= 0.6 is 0 Å². The number of amides is 1. The molecule has 7 nitrogen and oxygen atoms in total. The number of carbonyl (C=O) groups is 2. The maximum absolute atomic E-state index is 12.6. The van der Waals surface area contributed by atoms with Crippen molar-refractivity contribution in [1.82, 2.24) is 9.97 Å². The van der Waals surface area contributed by atoms with Crippen molar-refractivity contribution < 1.29 is 14.7 Å². The Morgan fingerprint density at radius 3 is 2.50 bits per heavy atom. The maximum Gasteiger partial charge on any atom is 0.336 e. The second-order valence-corrected chi connectivity index (χ2v) is 6.60. The third-order valence-electron chi connectivity index (χ3n) is 4.80. The van der Waals surface area contributed by atoms with Crippen LogP contribution in [0.1, 0.15) is 34.3 Å². The summed E-state index contributed by atoms with van der Waals surface area (Å²) < 4.78 is 0. The number of aromatic carboxylic acids is 1. The summed E-state index contributed by atoms with van der Waals surface area (Å²) in [6.45, 7) is 5.10. The van der Waals surface area contributed by atoms with Gasteiger partial charge in [-0.2, -0.15) is 0 Å². The Hall–Kier alpha value is -2.96. The summed E-state index contributed by atoms with van der Waals surface area (Å²) in [7, 11) is 0. The highest BCUT2D eigenvalue weighted by molar-refractivity contribution is 5.96. The Morgan fingerprint density at radius 1 is 1.15 bits per heavy atom. The number of hydrogen-bond acceptors (Lipinski definition) is 5. The van der Waals surface area contributed by atoms with E-state index < -0.39 is 5.97 Å². The van der Waals surface area contributed by atoms with Crippen molar-refractivity contribution in [2.24, 2.45) is 5.92 Å². The van der Waals surface area contributed by atoms with Gasteiger partial charge >= 0.3 is 5.97 Å². The molecule has 26 heavy (non-hydrogen) atoms. The highest BCUT2D eigenvalue weighted by Crippen LogP contribution is 2.25. The standard InChI is InChI=1S/C19H22N4O3/c1-12-9-13(2)16(10-15(12)19(25)26)22-18(24)14-3-7-23(8-4-14)17-11-20-5-6-21-17/h5-6,9-11,14H,3-4,7-8H2,1-2H3,(H,22,24)(H,25,26). The van der Waals surface area contributed by atoms with Crippen molar-refractivity contribution >= 4 is 23.4 Å². The largest absolute Gasteiger partial charge is 0.478 e. The predicted molar refractivity (Wildman–Crippen MR) is 98.5 cm³/mol. The number of piperidine rings is 1. The number of rotatable bonds is 4. The van der Waals surface area contributed by atoms with Gasteiger partial charge in [-0.05, 0) is 43.9 Å². The minimum absolute atomic E-state index is 0.0629. The SMILES string of the molecule is Cc1cc(C)c(C(=O)O)cc1NC(=O)C1CCN(c2cnccn2)CC1. The van der Waals surface area contributed by atoms with Gasteiger partial charge in [0, 0.05) is 37.1 Å². The van der Waals surface area contributed by atoms with Gasteiger partial charge in [-0.25, -0.2) is 9.78 Å². The van der Waals surface area contributed by atoms with E-state index in [1.54, 1.807) is 37.6 Å². The Balaban J connectivity index is 1.65. The van der Waals surface area contributed by atoms with Crippen LogP contribution in [-0.2, 0) is 4.79 Å². The van der Waals surface area contributed by atoms with Crippen molar-refractivity contribution in [2.75, 3.05) is 23.3 Å². The van der Waals surface area contributed by atoms with Gasteiger partial charge in [0.15, 0.2) is 0 Å². The van der Waals surface area contributed by atoms with Gasteiger partial charge in [-0.15, -0.1) is 0 Å². The number of nitrogens with zero attached hydrogens (tertiary/aromatic N) is 3. The minimum Gasteiger partial charge on any atom is -0.478 e. The molecule has 2 aromatic rings. The van der Waals surface area contributed by atoms with Gasteiger partial charge in [0.1, 0.15) is 5.82 Å². The summed E-state index contributed by atoms with van der Waals surface area (Å²) in [6, 6.07) is 3.33. The third-order valence-corrected chi connectivity index (χ3v) is 4.80. The highest BCUT2D eigenvalue weighted by atomic mass is 16.4. The number of nitrogens with one attached hydrogen (secondary N) is 1. The number of carboxylic acids is 1. The summed E-state index contributed by atoms with van der Waals surface area (Å²) in [5.74, 6) is -0.328. The topological polar surface area (TPSA) is 95.4 Å². The summed E-state index contributed by atoms with van der Waals surface area (Å²) >= 11 is 0. The molecule has 1 fully saturated rings. The lowest BCUT2D eigenvalue weighted by molar-refractivity contribution is -0.120. The van der Waals surface area contributed by atoms with Crippen LogP contribution in [0.15, 0.2) is 30.7 Å². The zero-order valence-corrected chi connectivity index (χ0v) is 14.9. The number of benzene rings is 1. The average Bonchev–Trinajstić information content (AvgIpc) is 2.64. The van der Waals surface area contributed by atoms with Crippen molar-refractivity contribution in [3.05, 3.63) is 47.4 Å². The number of aryl methyl sites for hydroxylation is 2. The fraction of sp³-hybridized carbons (Fsp3) is 0.368. The summed E-state index contributed by atoms with van der Waals surface area (Å²) in [5, 5.41) is 12.2. The Kier molecular flexibility index (Phi) is 5.16. The number of hydrogen-bond donors (Lipinski definition) is 2. The van der Waals surface area contributed by atoms with Crippen LogP contribution in [0.5, 0.6) is 0 Å². The van der Waals surface area contributed by atoms with E-state index in [1.165, 1.54) is 0 Å². The van der Waals surface area contributed by atoms with Gasteiger partial charge < -0.3 is 15.3 Å². The van der Waals surface area contributed by atoms with Gasteiger partial charge in [-0.3, -0.25) is 9.78 Å². The predicted octanol–water partition coefficient (Wildman–Crippen LogP) is 2.65. The normalized spacial score (nSPS) is 14.9. The molecule has 2 heterocycles. The first kappa shape index (κ1) is 17.8. The van der Waals surface area contributed by atoms with Crippen LogP contribution in [0, 0.1) is 19.8 Å². The number of carboxylic acid groups (broad SMARTS) is 1. The molecule has 0 radical (unpaired) electrons. The monoisotopic (exact) mass is 354 g/mol. The van der Waals surface area contributed by atoms with Crippen molar-refractivity contribution in [1.29, 1.82) is 0 Å². The summed E-state index contributed by atoms with van der Waals surface area (Å²) in [5.41, 5.74) is 2.32. The van der Waals surface area contributed by atoms with E-state index in [9.17, 15) is 14.7 Å². The van der Waals surface area contributed by atoms with E-state index in [0.29, 0.717) is 11.3 Å². The van der Waals surface area contributed by atoms with E-state index >= 15 is 0 Å². The summed E-state index contributed by atoms with van der Waals surface area (Å²) in [4.78, 5) is 34.4. The van der Waals surface area contributed by atoms with Crippen LogP contribution in [0.25, 0.3) is 0 Å². The molecule has 136 valence electrons. The van der Waals surface area contributed by atoms with Crippen LogP contribution < -0.4 is 10.2 Å². The molecule has 1 aliphatic heterocycles. The van der Waals surface area contributed by atoms with Gasteiger partial charge in [-0.1, -0.05) is 6.07 Å². The second kappa shape index (κ2) is 7.51. The van der Waals surface area contributed by atoms with Gasteiger partial charge in [0.05, 0.1) is 11.8 Å². The average molecular weight is 354 g/mol. The molecule has 0 atom stereocenters. The molecule has 0 saturated carbocycles. The fourth-order valence-electron chi connectivity index (χ4n) is 3.28. The van der Waals surface area contributed by atoms with Crippen molar-refractivity contribution in [3.63, 3.8) is 0 Å².